The SMILES string of the molecule is COCCCOc1cc(C(=O)N(C(C)C)[C@@H]2CCCNC2)nc2ccc(OC)cc12.Cl.Cl. The van der Waals surface area contributed by atoms with E-state index < -0.39 is 0 Å². The molecule has 32 heavy (non-hydrogen) atoms. The van der Waals surface area contributed by atoms with Crippen LogP contribution >= 0.6 is 24.8 Å². The van der Waals surface area contributed by atoms with Gasteiger partial charge in [0.1, 0.15) is 17.2 Å². The first-order chi connectivity index (χ1) is 14.5. The molecule has 1 saturated heterocycles. The number of pyridine rings is 1. The van der Waals surface area contributed by atoms with Gasteiger partial charge in [0.25, 0.3) is 5.91 Å². The Bertz CT molecular complexity index is 860. The van der Waals surface area contributed by atoms with E-state index in [4.69, 9.17) is 14.2 Å². The predicted octanol–water partition coefficient (Wildman–Crippen LogP) is 4.10. The fourth-order valence-electron chi connectivity index (χ4n) is 3.94. The number of carbonyl (C=O) groups is 1. The van der Waals surface area contributed by atoms with Crippen LogP contribution in [0.25, 0.3) is 10.9 Å². The number of hydrogen-bond donors (Lipinski definition) is 1. The van der Waals surface area contributed by atoms with Gasteiger partial charge in [0.05, 0.1) is 19.2 Å². The third kappa shape index (κ3) is 6.85. The number of methoxy groups -OCH3 is 2. The molecule has 2 aromatic rings. The highest BCUT2D eigenvalue weighted by atomic mass is 35.5. The molecule has 2 heterocycles. The van der Waals surface area contributed by atoms with Crippen molar-refractivity contribution in [2.75, 3.05) is 40.5 Å². The van der Waals surface area contributed by atoms with Crippen LogP contribution in [0, 0.1) is 0 Å². The van der Waals surface area contributed by atoms with Gasteiger partial charge in [0, 0.05) is 50.2 Å². The average Bonchev–Trinajstić information content (AvgIpc) is 2.76. The zero-order chi connectivity index (χ0) is 21.5. The number of rotatable bonds is 9. The molecule has 1 atom stereocenters. The van der Waals surface area contributed by atoms with Gasteiger partial charge in [-0.05, 0) is 51.4 Å². The van der Waals surface area contributed by atoms with Crippen LogP contribution in [0.4, 0.5) is 0 Å². The van der Waals surface area contributed by atoms with E-state index in [2.05, 4.69) is 24.1 Å². The first kappa shape index (κ1) is 28.2. The van der Waals surface area contributed by atoms with Gasteiger partial charge in [-0.1, -0.05) is 0 Å². The zero-order valence-electron chi connectivity index (χ0n) is 19.3. The van der Waals surface area contributed by atoms with Crippen molar-refractivity contribution in [3.63, 3.8) is 0 Å². The molecule has 9 heteroatoms. The molecule has 1 amide bonds. The summed E-state index contributed by atoms with van der Waals surface area (Å²) in [7, 11) is 3.30. The van der Waals surface area contributed by atoms with Crippen LogP contribution in [0.5, 0.6) is 11.5 Å². The first-order valence-corrected chi connectivity index (χ1v) is 10.7. The third-order valence-electron chi connectivity index (χ3n) is 5.40. The van der Waals surface area contributed by atoms with E-state index in [0.29, 0.717) is 30.2 Å². The second-order valence-corrected chi connectivity index (χ2v) is 7.89. The maximum atomic E-state index is 13.5. The number of nitrogens with zero attached hydrogens (tertiary/aromatic N) is 2. The molecule has 1 aliphatic rings. The molecule has 1 fully saturated rings. The Hall–Kier alpha value is -1.80. The van der Waals surface area contributed by atoms with Crippen molar-refractivity contribution in [3.05, 3.63) is 30.0 Å². The van der Waals surface area contributed by atoms with Crippen LogP contribution in [0.1, 0.15) is 43.6 Å². The van der Waals surface area contributed by atoms with Crippen molar-refractivity contribution in [2.45, 2.75) is 45.2 Å². The van der Waals surface area contributed by atoms with Crippen molar-refractivity contribution >= 4 is 41.6 Å². The number of piperidine rings is 1. The summed E-state index contributed by atoms with van der Waals surface area (Å²) in [6, 6.07) is 7.64. The zero-order valence-corrected chi connectivity index (χ0v) is 20.9. The van der Waals surface area contributed by atoms with Gasteiger partial charge in [0.15, 0.2) is 0 Å². The lowest BCUT2D eigenvalue weighted by molar-refractivity contribution is 0.0567. The highest BCUT2D eigenvalue weighted by molar-refractivity contribution is 5.97. The van der Waals surface area contributed by atoms with Gasteiger partial charge >= 0.3 is 0 Å². The number of carbonyl (C=O) groups excluding carboxylic acids is 1. The molecule has 1 N–H and O–H groups in total. The minimum Gasteiger partial charge on any atom is -0.497 e. The van der Waals surface area contributed by atoms with Gasteiger partial charge < -0.3 is 24.4 Å². The number of fused-ring (bicyclic) bond motifs is 1. The number of ether oxygens (including phenoxy) is 3. The lowest BCUT2D eigenvalue weighted by Crippen LogP contribution is -2.51. The van der Waals surface area contributed by atoms with E-state index in [1.165, 1.54) is 0 Å². The molecule has 0 unspecified atom stereocenters. The molecule has 1 aromatic heterocycles. The number of hydrogen-bond acceptors (Lipinski definition) is 6. The van der Waals surface area contributed by atoms with Gasteiger partial charge in [-0.2, -0.15) is 0 Å². The van der Waals surface area contributed by atoms with Crippen LogP contribution < -0.4 is 14.8 Å². The molecule has 180 valence electrons. The Balaban J connectivity index is 0.00000256. The lowest BCUT2D eigenvalue weighted by atomic mass is 10.0. The fourth-order valence-corrected chi connectivity index (χ4v) is 3.94. The van der Waals surface area contributed by atoms with Crippen molar-refractivity contribution in [1.82, 2.24) is 15.2 Å². The average molecular weight is 488 g/mol. The Morgan fingerprint density at radius 1 is 1.22 bits per heavy atom. The van der Waals surface area contributed by atoms with E-state index in [-0.39, 0.29) is 42.8 Å². The minimum absolute atomic E-state index is 0. The molecule has 1 aliphatic heterocycles. The standard InChI is InChI=1S/C23H33N3O4.2ClH/c1-16(2)26(17-7-5-10-24-15-17)23(27)21-14-22(30-12-6-11-28-3)19-13-18(29-4)8-9-20(19)25-21;;/h8-9,13-14,16-17,24H,5-7,10-12,15H2,1-4H3;2*1H/t17-;;/m1../s1. The van der Waals surface area contributed by atoms with E-state index >= 15 is 0 Å². The second kappa shape index (κ2) is 13.7. The molecule has 0 radical (unpaired) electrons. The number of aromatic nitrogens is 1. The van der Waals surface area contributed by atoms with Crippen LogP contribution in [0.3, 0.4) is 0 Å². The lowest BCUT2D eigenvalue weighted by Gasteiger charge is -2.37. The molecule has 1 aromatic carbocycles. The largest absolute Gasteiger partial charge is 0.497 e. The van der Waals surface area contributed by atoms with Crippen molar-refractivity contribution in [3.8, 4) is 11.5 Å². The smallest absolute Gasteiger partial charge is 0.273 e. The number of benzene rings is 1. The van der Waals surface area contributed by atoms with Crippen LogP contribution in [-0.4, -0.2) is 68.4 Å². The minimum atomic E-state index is -0.0573. The summed E-state index contributed by atoms with van der Waals surface area (Å²) >= 11 is 0. The summed E-state index contributed by atoms with van der Waals surface area (Å²) in [5.41, 5.74) is 1.13. The third-order valence-corrected chi connectivity index (χ3v) is 5.40. The fraction of sp³-hybridized carbons (Fsp3) is 0.565. The molecule has 0 bridgehead atoms. The first-order valence-electron chi connectivity index (χ1n) is 10.7. The van der Waals surface area contributed by atoms with Gasteiger partial charge in [0.2, 0.25) is 0 Å². The Morgan fingerprint density at radius 3 is 2.62 bits per heavy atom. The van der Waals surface area contributed by atoms with Crippen molar-refractivity contribution < 1.29 is 19.0 Å². The second-order valence-electron chi connectivity index (χ2n) is 7.89. The summed E-state index contributed by atoms with van der Waals surface area (Å²) < 4.78 is 16.5. The highest BCUT2D eigenvalue weighted by Crippen LogP contribution is 2.30. The molecular weight excluding hydrogens is 453 g/mol. The van der Waals surface area contributed by atoms with Crippen molar-refractivity contribution in [1.29, 1.82) is 0 Å². The number of halogens is 2. The highest BCUT2D eigenvalue weighted by Gasteiger charge is 2.29. The van der Waals surface area contributed by atoms with Crippen LogP contribution in [-0.2, 0) is 4.74 Å². The Kier molecular flexibility index (Phi) is 12.1. The molecule has 0 aliphatic carbocycles. The summed E-state index contributed by atoms with van der Waals surface area (Å²) in [6.07, 6.45) is 2.83. The molecule has 0 saturated carbocycles. The van der Waals surface area contributed by atoms with Gasteiger partial charge in [-0.15, -0.1) is 24.8 Å². The molecule has 0 spiro atoms. The predicted molar refractivity (Wildman–Crippen MR) is 132 cm³/mol. The molecule has 7 nitrogen and oxygen atoms in total. The molecule has 3 rings (SSSR count). The van der Waals surface area contributed by atoms with E-state index in [1.807, 2.05) is 23.1 Å². The van der Waals surface area contributed by atoms with Crippen LogP contribution in [0.15, 0.2) is 24.3 Å². The summed E-state index contributed by atoms with van der Waals surface area (Å²) in [6.45, 7) is 7.05. The summed E-state index contributed by atoms with van der Waals surface area (Å²) in [4.78, 5) is 20.2. The Labute approximate surface area is 203 Å². The van der Waals surface area contributed by atoms with E-state index in [1.54, 1.807) is 20.3 Å². The number of amides is 1. The maximum absolute atomic E-state index is 13.5. The summed E-state index contributed by atoms with van der Waals surface area (Å²) in [5.74, 6) is 1.31. The van der Waals surface area contributed by atoms with E-state index in [0.717, 1.165) is 43.5 Å². The quantitative estimate of drug-likeness (QED) is 0.536. The monoisotopic (exact) mass is 487 g/mol. The van der Waals surface area contributed by atoms with Crippen molar-refractivity contribution in [2.24, 2.45) is 0 Å². The van der Waals surface area contributed by atoms with Gasteiger partial charge in [-0.25, -0.2) is 4.98 Å². The van der Waals surface area contributed by atoms with Crippen LogP contribution in [0.2, 0.25) is 0 Å². The van der Waals surface area contributed by atoms with E-state index in [9.17, 15) is 4.79 Å². The maximum Gasteiger partial charge on any atom is 0.273 e. The summed E-state index contributed by atoms with van der Waals surface area (Å²) in [5, 5.41) is 4.24. The van der Waals surface area contributed by atoms with Gasteiger partial charge in [-0.3, -0.25) is 4.79 Å². The topological polar surface area (TPSA) is 72.9 Å². The molecular formula is C23H35Cl2N3O4. The number of nitrogens with one attached hydrogen (secondary N) is 1. The normalized spacial score (nSPS) is 15.6. The Morgan fingerprint density at radius 2 is 2.00 bits per heavy atom.